The molecule has 4 rings (SSSR count). The highest BCUT2D eigenvalue weighted by Crippen LogP contribution is 2.49. The number of benzene rings is 1. The molecule has 1 heterocycles. The Bertz CT molecular complexity index is 1090. The standard InChI is InChI=1S/C19H19F3N2O3S2/c1-11-4-3-5-14-12(11)6-8-18(14)9-7-13-15(10-18)23-17(28-2)24-16(13)27-29(25,26)19(20,21)22/h3-5H,6-10H2,1-2H3. The number of fused-ring (bicyclic) bond motifs is 3. The fourth-order valence-electron chi connectivity index (χ4n) is 4.44. The number of nitrogens with zero attached hydrogens (tertiary/aromatic N) is 2. The van der Waals surface area contributed by atoms with Gasteiger partial charge in [-0.2, -0.15) is 26.6 Å². The smallest absolute Gasteiger partial charge is 0.355 e. The number of aryl methyl sites for hydroxylation is 1. The van der Waals surface area contributed by atoms with Crippen LogP contribution in [0.2, 0.25) is 0 Å². The van der Waals surface area contributed by atoms with Gasteiger partial charge in [0.05, 0.1) is 5.69 Å². The number of halogens is 3. The van der Waals surface area contributed by atoms with Crippen LogP contribution >= 0.6 is 11.8 Å². The Morgan fingerprint density at radius 1 is 1.14 bits per heavy atom. The molecule has 2 aromatic rings. The Labute approximate surface area is 171 Å². The van der Waals surface area contributed by atoms with Crippen LogP contribution in [0.4, 0.5) is 13.2 Å². The number of thioether (sulfide) groups is 1. The number of hydrogen-bond acceptors (Lipinski definition) is 6. The molecule has 1 spiro atoms. The summed E-state index contributed by atoms with van der Waals surface area (Å²) in [5.74, 6) is -0.506. The molecule has 0 saturated heterocycles. The summed E-state index contributed by atoms with van der Waals surface area (Å²) in [6.07, 6.45) is 5.13. The van der Waals surface area contributed by atoms with E-state index in [0.717, 1.165) is 24.6 Å². The fourth-order valence-corrected chi connectivity index (χ4v) is 5.26. The zero-order valence-electron chi connectivity index (χ0n) is 15.8. The van der Waals surface area contributed by atoms with Gasteiger partial charge in [0.1, 0.15) is 0 Å². The van der Waals surface area contributed by atoms with Crippen molar-refractivity contribution in [3.8, 4) is 5.88 Å². The molecule has 156 valence electrons. The van der Waals surface area contributed by atoms with Crippen molar-refractivity contribution in [2.24, 2.45) is 0 Å². The van der Waals surface area contributed by atoms with Crippen LogP contribution in [0.3, 0.4) is 0 Å². The molecule has 0 aliphatic heterocycles. The topological polar surface area (TPSA) is 69.2 Å². The first-order valence-electron chi connectivity index (χ1n) is 9.10. The summed E-state index contributed by atoms with van der Waals surface area (Å²) in [5, 5.41) is 0.190. The van der Waals surface area contributed by atoms with Crippen molar-refractivity contribution >= 4 is 21.9 Å². The summed E-state index contributed by atoms with van der Waals surface area (Å²) in [7, 11) is -5.79. The molecule has 0 amide bonds. The molecule has 0 fully saturated rings. The average molecular weight is 445 g/mol. The first-order valence-corrected chi connectivity index (χ1v) is 11.7. The van der Waals surface area contributed by atoms with Crippen LogP contribution in [0.25, 0.3) is 0 Å². The van der Waals surface area contributed by atoms with Crippen LogP contribution in [-0.4, -0.2) is 30.1 Å². The second-order valence-electron chi connectivity index (χ2n) is 7.48. The predicted octanol–water partition coefficient (Wildman–Crippen LogP) is 4.11. The molecule has 29 heavy (non-hydrogen) atoms. The zero-order chi connectivity index (χ0) is 21.0. The van der Waals surface area contributed by atoms with Crippen molar-refractivity contribution in [2.75, 3.05) is 6.26 Å². The van der Waals surface area contributed by atoms with Crippen molar-refractivity contribution in [1.29, 1.82) is 0 Å². The minimum absolute atomic E-state index is 0.140. The maximum Gasteiger partial charge on any atom is 0.534 e. The summed E-state index contributed by atoms with van der Waals surface area (Å²) < 4.78 is 66.0. The van der Waals surface area contributed by atoms with E-state index in [0.29, 0.717) is 30.5 Å². The molecule has 10 heteroatoms. The number of rotatable bonds is 3. The largest absolute Gasteiger partial charge is 0.534 e. The first-order chi connectivity index (χ1) is 13.6. The van der Waals surface area contributed by atoms with Gasteiger partial charge >= 0.3 is 15.6 Å². The highest BCUT2D eigenvalue weighted by Gasteiger charge is 2.50. The summed E-state index contributed by atoms with van der Waals surface area (Å²) in [6.45, 7) is 2.08. The third-order valence-electron chi connectivity index (χ3n) is 5.88. The van der Waals surface area contributed by atoms with E-state index in [1.807, 2.05) is 6.07 Å². The van der Waals surface area contributed by atoms with Gasteiger partial charge in [0.2, 0.25) is 5.88 Å². The van der Waals surface area contributed by atoms with Gasteiger partial charge in [0.25, 0.3) is 0 Å². The molecule has 0 radical (unpaired) electrons. The van der Waals surface area contributed by atoms with Gasteiger partial charge in [-0.1, -0.05) is 30.0 Å². The van der Waals surface area contributed by atoms with E-state index in [1.54, 1.807) is 6.26 Å². The Balaban J connectivity index is 1.77. The maximum absolute atomic E-state index is 12.8. The maximum atomic E-state index is 12.8. The van der Waals surface area contributed by atoms with Gasteiger partial charge in [-0.05, 0) is 62.0 Å². The second-order valence-corrected chi connectivity index (χ2v) is 9.79. The molecule has 1 unspecified atom stereocenters. The van der Waals surface area contributed by atoms with Crippen molar-refractivity contribution in [2.45, 2.75) is 55.1 Å². The van der Waals surface area contributed by atoms with Crippen molar-refractivity contribution in [3.63, 3.8) is 0 Å². The molecule has 1 atom stereocenters. The summed E-state index contributed by atoms with van der Waals surface area (Å²) in [5.41, 5.74) is -0.914. The Hall–Kier alpha value is -1.81. The lowest BCUT2D eigenvalue weighted by Crippen LogP contribution is -2.33. The van der Waals surface area contributed by atoms with Crippen molar-refractivity contribution in [3.05, 3.63) is 46.1 Å². The molecule has 0 N–H and O–H groups in total. The van der Waals surface area contributed by atoms with Crippen LogP contribution in [-0.2, 0) is 34.8 Å². The third-order valence-corrected chi connectivity index (χ3v) is 7.38. The molecule has 1 aromatic heterocycles. The Morgan fingerprint density at radius 2 is 1.83 bits per heavy atom. The SMILES string of the molecule is CSc1nc2c(c(OS(=O)(=O)C(F)(F)F)n1)CCC1(CCc3c(C)cccc31)C2. The summed E-state index contributed by atoms with van der Waals surface area (Å²) in [6, 6.07) is 6.22. The van der Waals surface area contributed by atoms with Crippen molar-refractivity contribution < 1.29 is 25.8 Å². The normalized spacial score (nSPS) is 21.1. The van der Waals surface area contributed by atoms with E-state index in [9.17, 15) is 21.6 Å². The molecule has 1 aromatic carbocycles. The van der Waals surface area contributed by atoms with Crippen LogP contribution < -0.4 is 4.18 Å². The zero-order valence-corrected chi connectivity index (χ0v) is 17.5. The Morgan fingerprint density at radius 3 is 2.48 bits per heavy atom. The molecular formula is C19H19F3N2O3S2. The molecular weight excluding hydrogens is 425 g/mol. The molecule has 2 aliphatic carbocycles. The minimum atomic E-state index is -5.79. The van der Waals surface area contributed by atoms with Crippen LogP contribution in [0.5, 0.6) is 5.88 Å². The molecule has 2 aliphatic rings. The quantitative estimate of drug-likeness (QED) is 0.307. The minimum Gasteiger partial charge on any atom is -0.355 e. The molecule has 0 saturated carbocycles. The van der Waals surface area contributed by atoms with Gasteiger partial charge < -0.3 is 4.18 Å². The van der Waals surface area contributed by atoms with E-state index in [4.69, 9.17) is 0 Å². The summed E-state index contributed by atoms with van der Waals surface area (Å²) >= 11 is 1.13. The summed E-state index contributed by atoms with van der Waals surface area (Å²) in [4.78, 5) is 8.42. The first kappa shape index (κ1) is 20.5. The van der Waals surface area contributed by atoms with E-state index in [-0.39, 0.29) is 10.6 Å². The van der Waals surface area contributed by atoms with Gasteiger partial charge in [0.15, 0.2) is 5.16 Å². The monoisotopic (exact) mass is 444 g/mol. The van der Waals surface area contributed by atoms with Gasteiger partial charge in [-0.25, -0.2) is 4.98 Å². The number of aromatic nitrogens is 2. The lowest BCUT2D eigenvalue weighted by molar-refractivity contribution is -0.0502. The van der Waals surface area contributed by atoms with E-state index >= 15 is 0 Å². The van der Waals surface area contributed by atoms with Crippen LogP contribution in [0, 0.1) is 6.92 Å². The average Bonchev–Trinajstić information content (AvgIpc) is 2.99. The van der Waals surface area contributed by atoms with Crippen molar-refractivity contribution in [1.82, 2.24) is 9.97 Å². The highest BCUT2D eigenvalue weighted by molar-refractivity contribution is 7.98. The van der Waals surface area contributed by atoms with E-state index in [2.05, 4.69) is 33.2 Å². The molecule has 0 bridgehead atoms. The van der Waals surface area contributed by atoms with Crippen LogP contribution in [0.1, 0.15) is 40.8 Å². The van der Waals surface area contributed by atoms with E-state index < -0.39 is 21.5 Å². The highest BCUT2D eigenvalue weighted by atomic mass is 32.2. The van der Waals surface area contributed by atoms with E-state index in [1.165, 1.54) is 16.7 Å². The molecule has 5 nitrogen and oxygen atoms in total. The lowest BCUT2D eigenvalue weighted by Gasteiger charge is -2.35. The predicted molar refractivity (Wildman–Crippen MR) is 103 cm³/mol. The lowest BCUT2D eigenvalue weighted by atomic mass is 9.69. The Kier molecular flexibility index (Phi) is 4.85. The number of alkyl halides is 3. The number of hydrogen-bond donors (Lipinski definition) is 0. The van der Waals surface area contributed by atoms with Gasteiger partial charge in [-0.15, -0.1) is 0 Å². The third kappa shape index (κ3) is 3.39. The van der Waals surface area contributed by atoms with Crippen LogP contribution in [0.15, 0.2) is 23.4 Å². The van der Waals surface area contributed by atoms with Gasteiger partial charge in [0, 0.05) is 11.0 Å². The van der Waals surface area contributed by atoms with Gasteiger partial charge in [-0.3, -0.25) is 0 Å². The second kappa shape index (κ2) is 6.87. The fraction of sp³-hybridized carbons (Fsp3) is 0.474.